The number of unbranched alkanes of at least 4 members (excludes halogenated alkanes) is 1. The summed E-state index contributed by atoms with van der Waals surface area (Å²) in [6.07, 6.45) is -0.817. The zero-order valence-electron chi connectivity index (χ0n) is 11.6. The molecule has 0 aliphatic carbocycles. The van der Waals surface area contributed by atoms with Gasteiger partial charge in [-0.25, -0.2) is 8.78 Å². The highest BCUT2D eigenvalue weighted by Gasteiger charge is 2.29. The number of aromatic nitrogens is 1. The molecule has 1 aromatic heterocycles. The number of fused-ring (bicyclic) bond motifs is 1. The van der Waals surface area contributed by atoms with E-state index in [0.717, 1.165) is 12.8 Å². The summed E-state index contributed by atoms with van der Waals surface area (Å²) in [6.45, 7) is 1.33. The van der Waals surface area contributed by atoms with Gasteiger partial charge in [-0.3, -0.25) is 19.7 Å². The van der Waals surface area contributed by atoms with Crippen LogP contribution in [0.3, 0.4) is 0 Å². The van der Waals surface area contributed by atoms with E-state index in [-0.39, 0.29) is 17.7 Å². The lowest BCUT2D eigenvalue weighted by Gasteiger charge is -2.23. The minimum Gasteiger partial charge on any atom is -0.341 e. The zero-order chi connectivity index (χ0) is 15.6. The van der Waals surface area contributed by atoms with Gasteiger partial charge in [0.05, 0.1) is 13.0 Å². The highest BCUT2D eigenvalue weighted by molar-refractivity contribution is 6.09. The first-order valence-electron chi connectivity index (χ1n) is 6.82. The topological polar surface area (TPSA) is 68.2 Å². The van der Waals surface area contributed by atoms with Gasteiger partial charge >= 0.3 is 0 Å². The Hall–Kier alpha value is -2.05. The molecule has 0 atom stereocenters. The summed E-state index contributed by atoms with van der Waals surface area (Å²) in [5, 5.41) is 2.04. The molecule has 1 aromatic rings. The zero-order valence-corrected chi connectivity index (χ0v) is 11.6. The Balaban J connectivity index is 2.61. The average Bonchev–Trinajstić information content (AvgIpc) is 2.38. The van der Waals surface area contributed by atoms with Crippen LogP contribution in [-0.4, -0.2) is 22.8 Å². The van der Waals surface area contributed by atoms with Crippen molar-refractivity contribution in [1.29, 1.82) is 0 Å². The first-order chi connectivity index (χ1) is 9.93. The molecule has 2 amide bonds. The van der Waals surface area contributed by atoms with Crippen LogP contribution in [0, 0.1) is 0 Å². The Morgan fingerprint density at radius 2 is 2.05 bits per heavy atom. The summed E-state index contributed by atoms with van der Waals surface area (Å²) in [4.78, 5) is 35.3. The van der Waals surface area contributed by atoms with Crippen LogP contribution in [0.4, 0.5) is 8.78 Å². The van der Waals surface area contributed by atoms with E-state index in [1.807, 2.05) is 12.2 Å². The maximum atomic E-state index is 12.8. The number of carbonyl (C=O) groups excluding carboxylic acids is 2. The van der Waals surface area contributed by atoms with Crippen molar-refractivity contribution < 1.29 is 18.4 Å². The second-order valence-electron chi connectivity index (χ2n) is 4.98. The normalized spacial score (nSPS) is 14.3. The number of hydrogen-bond acceptors (Lipinski definition) is 3. The van der Waals surface area contributed by atoms with Crippen LogP contribution in [0.15, 0.2) is 10.9 Å². The highest BCUT2D eigenvalue weighted by Crippen LogP contribution is 2.17. The third-order valence-electron chi connectivity index (χ3n) is 3.42. The quantitative estimate of drug-likeness (QED) is 0.832. The van der Waals surface area contributed by atoms with E-state index >= 15 is 0 Å². The second-order valence-corrected chi connectivity index (χ2v) is 4.98. The molecule has 7 heteroatoms. The monoisotopic (exact) mass is 298 g/mol. The number of nitrogens with zero attached hydrogens (tertiary/aromatic N) is 1. The van der Waals surface area contributed by atoms with Gasteiger partial charge in [0, 0.05) is 17.5 Å². The van der Waals surface area contributed by atoms with Gasteiger partial charge in [0.1, 0.15) is 5.56 Å². The van der Waals surface area contributed by atoms with Crippen molar-refractivity contribution in [2.24, 2.45) is 0 Å². The molecule has 0 spiro atoms. The van der Waals surface area contributed by atoms with Crippen molar-refractivity contribution in [2.75, 3.05) is 0 Å². The molecular weight excluding hydrogens is 282 g/mol. The number of alkyl halides is 2. The molecule has 0 unspecified atom stereocenters. The molecule has 0 aromatic carbocycles. The fourth-order valence-electron chi connectivity index (χ4n) is 2.49. The van der Waals surface area contributed by atoms with E-state index in [0.29, 0.717) is 12.1 Å². The summed E-state index contributed by atoms with van der Waals surface area (Å²) in [5.41, 5.74) is -0.173. The Morgan fingerprint density at radius 3 is 2.67 bits per heavy atom. The van der Waals surface area contributed by atoms with Crippen LogP contribution in [0.25, 0.3) is 0 Å². The van der Waals surface area contributed by atoms with Crippen molar-refractivity contribution in [2.45, 2.75) is 45.6 Å². The SMILES string of the molecule is CCCCc1cc(=O)c2c(n1CC(F)F)CC(=O)NC2=O. The van der Waals surface area contributed by atoms with Crippen molar-refractivity contribution in [3.8, 4) is 0 Å². The van der Waals surface area contributed by atoms with Gasteiger partial charge in [-0.2, -0.15) is 0 Å². The van der Waals surface area contributed by atoms with Crippen LogP contribution in [0.2, 0.25) is 0 Å². The van der Waals surface area contributed by atoms with Gasteiger partial charge in [0.2, 0.25) is 5.91 Å². The van der Waals surface area contributed by atoms with Gasteiger partial charge < -0.3 is 4.57 Å². The maximum absolute atomic E-state index is 12.8. The molecule has 2 heterocycles. The Bertz CT molecular complexity index is 638. The molecule has 0 radical (unpaired) electrons. The van der Waals surface area contributed by atoms with E-state index in [9.17, 15) is 23.2 Å². The number of carbonyl (C=O) groups is 2. The predicted molar refractivity (Wildman–Crippen MR) is 71.5 cm³/mol. The standard InChI is InChI=1S/C14H16F2N2O3/c1-2-3-4-8-5-10(19)13-9(18(8)7-11(15)16)6-12(20)17-14(13)21/h5,11H,2-4,6-7H2,1H3,(H,17,20,21). The van der Waals surface area contributed by atoms with Crippen LogP contribution in [0.5, 0.6) is 0 Å². The van der Waals surface area contributed by atoms with Crippen LogP contribution in [0.1, 0.15) is 41.5 Å². The molecule has 0 fully saturated rings. The second kappa shape index (κ2) is 6.15. The summed E-state index contributed by atoms with van der Waals surface area (Å²) in [5.74, 6) is -1.39. The summed E-state index contributed by atoms with van der Waals surface area (Å²) in [6, 6.07) is 1.23. The number of hydrogen-bond donors (Lipinski definition) is 1. The summed E-state index contributed by atoms with van der Waals surface area (Å²) < 4.78 is 26.9. The van der Waals surface area contributed by atoms with Crippen LogP contribution >= 0.6 is 0 Å². The maximum Gasteiger partial charge on any atom is 0.263 e. The van der Waals surface area contributed by atoms with E-state index < -0.39 is 30.2 Å². The van der Waals surface area contributed by atoms with Crippen molar-refractivity contribution in [3.63, 3.8) is 0 Å². The Labute approximate surface area is 120 Å². The summed E-state index contributed by atoms with van der Waals surface area (Å²) in [7, 11) is 0. The van der Waals surface area contributed by atoms with Crippen molar-refractivity contribution >= 4 is 11.8 Å². The fourth-order valence-corrected chi connectivity index (χ4v) is 2.49. The first-order valence-corrected chi connectivity index (χ1v) is 6.82. The number of aryl methyl sites for hydroxylation is 1. The lowest BCUT2D eigenvalue weighted by atomic mass is 10.0. The molecular formula is C14H16F2N2O3. The molecule has 0 saturated carbocycles. The molecule has 0 saturated heterocycles. The number of amides is 2. The number of halogens is 2. The minimum atomic E-state index is -2.63. The van der Waals surface area contributed by atoms with E-state index in [1.165, 1.54) is 10.6 Å². The van der Waals surface area contributed by atoms with Crippen LogP contribution in [-0.2, 0) is 24.2 Å². The van der Waals surface area contributed by atoms with Gasteiger partial charge in [0.25, 0.3) is 12.3 Å². The predicted octanol–water partition coefficient (Wildman–Crippen LogP) is 1.27. The van der Waals surface area contributed by atoms with Gasteiger partial charge in [-0.15, -0.1) is 0 Å². The molecule has 1 N–H and O–H groups in total. The fraction of sp³-hybridized carbons (Fsp3) is 0.500. The molecule has 1 aliphatic rings. The van der Waals surface area contributed by atoms with Crippen molar-refractivity contribution in [1.82, 2.24) is 9.88 Å². The summed E-state index contributed by atoms with van der Waals surface area (Å²) >= 11 is 0. The van der Waals surface area contributed by atoms with E-state index in [4.69, 9.17) is 0 Å². The smallest absolute Gasteiger partial charge is 0.263 e. The lowest BCUT2D eigenvalue weighted by molar-refractivity contribution is -0.119. The van der Waals surface area contributed by atoms with E-state index in [1.54, 1.807) is 0 Å². The largest absolute Gasteiger partial charge is 0.341 e. The van der Waals surface area contributed by atoms with Gasteiger partial charge in [-0.1, -0.05) is 13.3 Å². The van der Waals surface area contributed by atoms with Crippen LogP contribution < -0.4 is 10.7 Å². The lowest BCUT2D eigenvalue weighted by Crippen LogP contribution is -2.43. The minimum absolute atomic E-state index is 0.0997. The van der Waals surface area contributed by atoms with Gasteiger partial charge in [-0.05, 0) is 12.8 Å². The third-order valence-corrected chi connectivity index (χ3v) is 3.42. The molecule has 2 rings (SSSR count). The molecule has 1 aliphatic heterocycles. The number of imide groups is 1. The molecule has 0 bridgehead atoms. The molecule has 21 heavy (non-hydrogen) atoms. The number of nitrogens with one attached hydrogen (secondary N) is 1. The van der Waals surface area contributed by atoms with E-state index in [2.05, 4.69) is 0 Å². The Morgan fingerprint density at radius 1 is 1.33 bits per heavy atom. The number of pyridine rings is 1. The molecule has 114 valence electrons. The number of rotatable bonds is 5. The highest BCUT2D eigenvalue weighted by atomic mass is 19.3. The first kappa shape index (κ1) is 15.3. The third kappa shape index (κ3) is 3.17. The molecule has 5 nitrogen and oxygen atoms in total. The van der Waals surface area contributed by atoms with Gasteiger partial charge in [0.15, 0.2) is 5.43 Å². The average molecular weight is 298 g/mol. The van der Waals surface area contributed by atoms with Crippen molar-refractivity contribution in [3.05, 3.63) is 33.2 Å². The Kier molecular flexibility index (Phi) is 4.50.